The number of fused-ring (bicyclic) bond motifs is 1. The normalized spacial score (nSPS) is 27.8. The Kier molecular flexibility index (Phi) is 5.68. The fourth-order valence-electron chi connectivity index (χ4n) is 3.29. The Balaban J connectivity index is 2.04. The first-order valence-corrected chi connectivity index (χ1v) is 10.0. The maximum absolute atomic E-state index is 13.2. The van der Waals surface area contributed by atoms with Gasteiger partial charge >= 0.3 is 12.4 Å². The first kappa shape index (κ1) is 22.2. The molecule has 0 radical (unpaired) electrons. The number of aliphatic imine (C=N–C) groups is 1. The minimum atomic E-state index is -4.69. The Morgan fingerprint density at radius 1 is 1.23 bits per heavy atom. The molecule has 162 valence electrons. The van der Waals surface area contributed by atoms with Crippen molar-refractivity contribution in [2.75, 3.05) is 13.3 Å². The van der Waals surface area contributed by atoms with Crippen LogP contribution in [0.4, 0.5) is 26.3 Å². The Hall–Kier alpha value is -2.46. The lowest BCUT2D eigenvalue weighted by Crippen LogP contribution is -2.53. The van der Waals surface area contributed by atoms with Gasteiger partial charge in [0.25, 0.3) is 0 Å². The molecule has 2 aliphatic rings. The smallest absolute Gasteiger partial charge is 0.340 e. The van der Waals surface area contributed by atoms with Crippen LogP contribution < -0.4 is 5.32 Å². The maximum Gasteiger partial charge on any atom is 0.417 e. The molecular formula is C17H15F6N5OS. The molecular weight excluding hydrogens is 436 g/mol. The Morgan fingerprint density at radius 2 is 1.90 bits per heavy atom. The second kappa shape index (κ2) is 7.66. The number of nitriles is 1. The van der Waals surface area contributed by atoms with E-state index in [4.69, 9.17) is 0 Å². The molecule has 0 fully saturated rings. The summed E-state index contributed by atoms with van der Waals surface area (Å²) in [6.07, 6.45) is -6.38. The zero-order valence-electron chi connectivity index (χ0n) is 15.5. The summed E-state index contributed by atoms with van der Waals surface area (Å²) in [6.45, 7) is 0. The molecule has 0 bridgehead atoms. The van der Waals surface area contributed by atoms with Gasteiger partial charge in [-0.1, -0.05) is 12.2 Å². The molecule has 6 nitrogen and oxygen atoms in total. The number of nitrogens with zero attached hydrogens (tertiary/aromatic N) is 4. The van der Waals surface area contributed by atoms with Crippen LogP contribution in [-0.2, 0) is 17.0 Å². The second-order valence-electron chi connectivity index (χ2n) is 6.75. The molecule has 4 unspecified atom stereocenters. The molecule has 1 N–H and O–H groups in total. The van der Waals surface area contributed by atoms with E-state index in [0.717, 1.165) is 6.08 Å². The van der Waals surface area contributed by atoms with Crippen molar-refractivity contribution in [3.8, 4) is 6.07 Å². The van der Waals surface area contributed by atoms with Crippen LogP contribution in [0.2, 0.25) is 0 Å². The summed E-state index contributed by atoms with van der Waals surface area (Å²) in [5.74, 6) is -1.98. The molecule has 2 aliphatic heterocycles. The van der Waals surface area contributed by atoms with E-state index in [0.29, 0.717) is 12.3 Å². The Bertz CT molecular complexity index is 967. The molecule has 3 rings (SSSR count). The maximum atomic E-state index is 13.2. The average Bonchev–Trinajstić information content (AvgIpc) is 2.83. The second-order valence-corrected chi connectivity index (χ2v) is 8.10. The van der Waals surface area contributed by atoms with Crippen molar-refractivity contribution in [1.82, 2.24) is 15.2 Å². The zero-order valence-corrected chi connectivity index (χ0v) is 16.3. The molecule has 1 aromatic rings. The number of hydrogen-bond acceptors (Lipinski definition) is 6. The topological polar surface area (TPSA) is 81.4 Å². The van der Waals surface area contributed by atoms with Crippen molar-refractivity contribution in [1.29, 1.82) is 5.26 Å². The van der Waals surface area contributed by atoms with E-state index in [-0.39, 0.29) is 16.4 Å². The standard InChI is InChI=1S/C17H15F6N5OS/c1-28-14-10(4-3-9(17(21,22)23)11(6-24)27-14)26-15(28)13-12(30(2)29)5-8(7-25-13)16(18,19)20/h3-5,7,9-11,14,27H,1-2H3/t9?,10?,11?,14?,30-/m0/s1. The number of rotatable bonds is 2. The predicted molar refractivity (Wildman–Crippen MR) is 94.7 cm³/mol. The minimum absolute atomic E-state index is 0.0585. The summed E-state index contributed by atoms with van der Waals surface area (Å²) in [7, 11) is -0.394. The van der Waals surface area contributed by atoms with Gasteiger partial charge in [0.1, 0.15) is 29.9 Å². The highest BCUT2D eigenvalue weighted by Crippen LogP contribution is 2.35. The number of aromatic nitrogens is 1. The molecule has 5 atom stereocenters. The van der Waals surface area contributed by atoms with E-state index < -0.39 is 52.9 Å². The molecule has 0 saturated heterocycles. The van der Waals surface area contributed by atoms with Crippen molar-refractivity contribution in [3.63, 3.8) is 0 Å². The SMILES string of the molecule is CN1C(c2ncc(C(F)(F)F)cc2[S@](C)=O)=NC2C=CC(C(F)(F)F)C(C#N)NC21. The first-order valence-electron chi connectivity index (χ1n) is 8.47. The molecule has 13 heteroatoms. The average molecular weight is 451 g/mol. The molecule has 3 heterocycles. The number of halogens is 6. The molecule has 1 aromatic heterocycles. The molecule has 30 heavy (non-hydrogen) atoms. The van der Waals surface area contributed by atoms with Crippen molar-refractivity contribution in [2.24, 2.45) is 10.9 Å². The summed E-state index contributed by atoms with van der Waals surface area (Å²) >= 11 is 0. The highest BCUT2D eigenvalue weighted by Gasteiger charge is 2.48. The highest BCUT2D eigenvalue weighted by atomic mass is 32.2. The molecule has 0 saturated carbocycles. The van der Waals surface area contributed by atoms with Crippen molar-refractivity contribution in [2.45, 2.75) is 35.5 Å². The number of pyridine rings is 1. The summed E-state index contributed by atoms with van der Waals surface area (Å²) in [6, 6.07) is -0.136. The van der Waals surface area contributed by atoms with Gasteiger partial charge in [-0.3, -0.25) is 19.5 Å². The summed E-state index contributed by atoms with van der Waals surface area (Å²) in [5, 5.41) is 11.8. The summed E-state index contributed by atoms with van der Waals surface area (Å²) < 4.78 is 90.7. The fourth-order valence-corrected chi connectivity index (χ4v) is 3.99. The number of alkyl halides is 6. The predicted octanol–water partition coefficient (Wildman–Crippen LogP) is 2.45. The van der Waals surface area contributed by atoms with Gasteiger partial charge in [-0.15, -0.1) is 0 Å². The number of hydrogen-bond donors (Lipinski definition) is 1. The molecule has 0 amide bonds. The molecule has 0 aliphatic carbocycles. The van der Waals surface area contributed by atoms with Crippen molar-refractivity contribution < 1.29 is 30.6 Å². The molecule has 0 aromatic carbocycles. The van der Waals surface area contributed by atoms with Crippen LogP contribution in [0.1, 0.15) is 11.3 Å². The van der Waals surface area contributed by atoms with Crippen LogP contribution >= 0.6 is 0 Å². The number of likely N-dealkylation sites (N-methyl/N-ethyl adjacent to an activating group) is 1. The summed E-state index contributed by atoms with van der Waals surface area (Å²) in [4.78, 5) is 9.24. The van der Waals surface area contributed by atoms with Crippen LogP contribution in [0, 0.1) is 17.2 Å². The lowest BCUT2D eigenvalue weighted by molar-refractivity contribution is -0.165. The van der Waals surface area contributed by atoms with Gasteiger partial charge in [-0.2, -0.15) is 31.6 Å². The van der Waals surface area contributed by atoms with E-state index in [1.165, 1.54) is 24.3 Å². The molecule has 0 spiro atoms. The van der Waals surface area contributed by atoms with Crippen LogP contribution in [0.5, 0.6) is 0 Å². The van der Waals surface area contributed by atoms with Crippen molar-refractivity contribution in [3.05, 3.63) is 35.7 Å². The van der Waals surface area contributed by atoms with Gasteiger partial charge in [-0.05, 0) is 6.07 Å². The Labute approximate surface area is 169 Å². The number of nitrogens with one attached hydrogen (secondary N) is 1. The van der Waals surface area contributed by atoms with Gasteiger partial charge in [0, 0.05) is 19.5 Å². The van der Waals surface area contributed by atoms with Crippen LogP contribution in [0.15, 0.2) is 34.3 Å². The van der Waals surface area contributed by atoms with Gasteiger partial charge in [-0.25, -0.2) is 0 Å². The van der Waals surface area contributed by atoms with E-state index in [1.807, 2.05) is 0 Å². The largest absolute Gasteiger partial charge is 0.417 e. The van der Waals surface area contributed by atoms with E-state index >= 15 is 0 Å². The van der Waals surface area contributed by atoms with Gasteiger partial charge < -0.3 is 4.90 Å². The van der Waals surface area contributed by atoms with Gasteiger partial charge in [0.05, 0.1) is 27.3 Å². The first-order chi connectivity index (χ1) is 13.8. The summed E-state index contributed by atoms with van der Waals surface area (Å²) in [5.41, 5.74) is -1.15. The Morgan fingerprint density at radius 3 is 2.43 bits per heavy atom. The van der Waals surface area contributed by atoms with E-state index in [1.54, 1.807) is 6.07 Å². The highest BCUT2D eigenvalue weighted by molar-refractivity contribution is 7.84. The van der Waals surface area contributed by atoms with Gasteiger partial charge in [0.15, 0.2) is 5.84 Å². The third-order valence-electron chi connectivity index (χ3n) is 4.79. The van der Waals surface area contributed by atoms with Crippen LogP contribution in [-0.4, -0.2) is 57.7 Å². The van der Waals surface area contributed by atoms with E-state index in [9.17, 15) is 35.8 Å². The monoisotopic (exact) mass is 451 g/mol. The van der Waals surface area contributed by atoms with Crippen molar-refractivity contribution >= 4 is 16.6 Å². The van der Waals surface area contributed by atoms with Crippen LogP contribution in [0.25, 0.3) is 0 Å². The third-order valence-corrected chi connectivity index (χ3v) is 5.72. The fraction of sp³-hybridized carbons (Fsp3) is 0.471. The third kappa shape index (κ3) is 4.06. The quantitative estimate of drug-likeness (QED) is 0.552. The number of amidine groups is 1. The van der Waals surface area contributed by atoms with Crippen LogP contribution in [0.3, 0.4) is 0 Å². The lowest BCUT2D eigenvalue weighted by Gasteiger charge is -2.29. The minimum Gasteiger partial charge on any atom is -0.340 e. The lowest BCUT2D eigenvalue weighted by atomic mass is 10.0. The van der Waals surface area contributed by atoms with Gasteiger partial charge in [0.2, 0.25) is 0 Å². The van der Waals surface area contributed by atoms with E-state index in [2.05, 4.69) is 15.3 Å². The zero-order chi connectivity index (χ0) is 22.4.